The van der Waals surface area contributed by atoms with E-state index in [0.29, 0.717) is 30.1 Å². The number of aliphatic carboxylic acids is 1. The van der Waals surface area contributed by atoms with Crippen molar-refractivity contribution in [2.24, 2.45) is 5.92 Å². The number of hydrogen-bond acceptors (Lipinski definition) is 2. The summed E-state index contributed by atoms with van der Waals surface area (Å²) in [5, 5.41) is 9.37. The summed E-state index contributed by atoms with van der Waals surface area (Å²) in [6.45, 7) is 1.73. The first kappa shape index (κ1) is 13.3. The lowest BCUT2D eigenvalue weighted by molar-refractivity contribution is -0.143. The van der Waals surface area contributed by atoms with Crippen LogP contribution in [0.25, 0.3) is 0 Å². The van der Waals surface area contributed by atoms with Crippen LogP contribution in [0.5, 0.6) is 0 Å². The van der Waals surface area contributed by atoms with Crippen molar-refractivity contribution in [2.75, 3.05) is 13.1 Å². The van der Waals surface area contributed by atoms with Crippen LogP contribution in [0.15, 0.2) is 18.2 Å². The summed E-state index contributed by atoms with van der Waals surface area (Å²) in [5.41, 5.74) is 0.561. The van der Waals surface area contributed by atoms with Gasteiger partial charge < -0.3 is 5.11 Å². The largest absolute Gasteiger partial charge is 0.481 e. The summed E-state index contributed by atoms with van der Waals surface area (Å²) in [4.78, 5) is 12.9. The first-order valence-electron chi connectivity index (χ1n) is 5.95. The van der Waals surface area contributed by atoms with Gasteiger partial charge in [0.25, 0.3) is 0 Å². The highest BCUT2D eigenvalue weighted by molar-refractivity contribution is 6.30. The molecule has 1 saturated heterocycles. The molecule has 5 heteroatoms. The predicted octanol–water partition coefficient (Wildman–Crippen LogP) is 2.78. The van der Waals surface area contributed by atoms with Crippen molar-refractivity contribution in [3.05, 3.63) is 34.6 Å². The summed E-state index contributed by atoms with van der Waals surface area (Å²) >= 11 is 5.69. The molecule has 0 amide bonds. The maximum Gasteiger partial charge on any atom is 0.307 e. The number of nitrogens with zero attached hydrogens (tertiary/aromatic N) is 1. The Morgan fingerprint density at radius 3 is 3.00 bits per heavy atom. The molecule has 0 aromatic heterocycles. The molecule has 3 nitrogen and oxygen atoms in total. The van der Waals surface area contributed by atoms with E-state index < -0.39 is 5.97 Å². The Morgan fingerprint density at radius 2 is 2.33 bits per heavy atom. The molecule has 1 aromatic carbocycles. The summed E-state index contributed by atoms with van der Waals surface area (Å²) in [6.07, 6.45) is 1.54. The van der Waals surface area contributed by atoms with Crippen LogP contribution in [-0.2, 0) is 11.3 Å². The van der Waals surface area contributed by atoms with E-state index in [-0.39, 0.29) is 11.7 Å². The minimum atomic E-state index is -0.767. The normalized spacial score (nSPS) is 20.9. The SMILES string of the molecule is O=C(O)C1CCCN(Cc2ccc(Cl)cc2F)C1. The third-order valence-corrected chi connectivity index (χ3v) is 3.50. The van der Waals surface area contributed by atoms with E-state index >= 15 is 0 Å². The molecular weight excluding hydrogens is 257 g/mol. The van der Waals surface area contributed by atoms with Gasteiger partial charge >= 0.3 is 5.97 Å². The van der Waals surface area contributed by atoms with Crippen LogP contribution < -0.4 is 0 Å². The van der Waals surface area contributed by atoms with E-state index in [9.17, 15) is 9.18 Å². The zero-order valence-electron chi connectivity index (χ0n) is 9.90. The molecule has 18 heavy (non-hydrogen) atoms. The highest BCUT2D eigenvalue weighted by Gasteiger charge is 2.25. The number of likely N-dealkylation sites (tertiary alicyclic amines) is 1. The van der Waals surface area contributed by atoms with Gasteiger partial charge in [0.1, 0.15) is 5.82 Å². The quantitative estimate of drug-likeness (QED) is 0.919. The smallest absolute Gasteiger partial charge is 0.307 e. The average molecular weight is 272 g/mol. The van der Waals surface area contributed by atoms with Gasteiger partial charge in [-0.15, -0.1) is 0 Å². The predicted molar refractivity (Wildman–Crippen MR) is 67.0 cm³/mol. The Hall–Kier alpha value is -1.13. The molecule has 2 rings (SSSR count). The second kappa shape index (κ2) is 5.67. The van der Waals surface area contributed by atoms with Gasteiger partial charge in [-0.05, 0) is 31.5 Å². The van der Waals surface area contributed by atoms with Crippen LogP contribution >= 0.6 is 11.6 Å². The van der Waals surface area contributed by atoms with E-state index in [0.717, 1.165) is 13.0 Å². The van der Waals surface area contributed by atoms with Crippen molar-refractivity contribution >= 4 is 17.6 Å². The minimum Gasteiger partial charge on any atom is -0.481 e. The molecule has 0 radical (unpaired) electrons. The van der Waals surface area contributed by atoms with Gasteiger partial charge in [-0.3, -0.25) is 9.69 Å². The Morgan fingerprint density at radius 1 is 1.56 bits per heavy atom. The molecule has 1 fully saturated rings. The topological polar surface area (TPSA) is 40.5 Å². The fourth-order valence-corrected chi connectivity index (χ4v) is 2.45. The molecule has 1 aromatic rings. The van der Waals surface area contributed by atoms with Crippen molar-refractivity contribution in [1.82, 2.24) is 4.90 Å². The second-order valence-corrected chi connectivity index (χ2v) is 5.08. The molecule has 1 atom stereocenters. The van der Waals surface area contributed by atoms with Crippen molar-refractivity contribution in [3.8, 4) is 0 Å². The van der Waals surface area contributed by atoms with E-state index in [1.165, 1.54) is 6.07 Å². The molecule has 1 aliphatic heterocycles. The fraction of sp³-hybridized carbons (Fsp3) is 0.462. The van der Waals surface area contributed by atoms with Gasteiger partial charge in [-0.1, -0.05) is 17.7 Å². The van der Waals surface area contributed by atoms with Gasteiger partial charge in [0.05, 0.1) is 5.92 Å². The van der Waals surface area contributed by atoms with Crippen LogP contribution in [0.3, 0.4) is 0 Å². The molecule has 1 aliphatic rings. The van der Waals surface area contributed by atoms with Crippen LogP contribution in [0.1, 0.15) is 18.4 Å². The number of hydrogen-bond donors (Lipinski definition) is 1. The van der Waals surface area contributed by atoms with E-state index in [1.54, 1.807) is 12.1 Å². The molecule has 1 heterocycles. The van der Waals surface area contributed by atoms with Crippen LogP contribution in [0.2, 0.25) is 5.02 Å². The number of carbonyl (C=O) groups is 1. The number of carboxylic acids is 1. The molecule has 0 aliphatic carbocycles. The third-order valence-electron chi connectivity index (χ3n) is 3.26. The fourth-order valence-electron chi connectivity index (χ4n) is 2.29. The summed E-state index contributed by atoms with van der Waals surface area (Å²) in [7, 11) is 0. The van der Waals surface area contributed by atoms with Crippen molar-refractivity contribution < 1.29 is 14.3 Å². The number of carboxylic acid groups (broad SMARTS) is 1. The number of piperidine rings is 1. The molecule has 0 spiro atoms. The van der Waals surface area contributed by atoms with E-state index in [1.807, 2.05) is 4.90 Å². The van der Waals surface area contributed by atoms with Crippen LogP contribution in [-0.4, -0.2) is 29.1 Å². The first-order valence-corrected chi connectivity index (χ1v) is 6.33. The lowest BCUT2D eigenvalue weighted by Gasteiger charge is -2.30. The van der Waals surface area contributed by atoms with Gasteiger partial charge in [0.2, 0.25) is 0 Å². The monoisotopic (exact) mass is 271 g/mol. The lowest BCUT2D eigenvalue weighted by Crippen LogP contribution is -2.38. The van der Waals surface area contributed by atoms with Gasteiger partial charge in [0, 0.05) is 23.7 Å². The first-order chi connectivity index (χ1) is 8.56. The second-order valence-electron chi connectivity index (χ2n) is 4.65. The molecular formula is C13H15ClFNO2. The standard InChI is InChI=1S/C13H15ClFNO2/c14-11-4-3-9(12(15)6-11)7-16-5-1-2-10(8-16)13(17)18/h3-4,6,10H,1-2,5,7-8H2,(H,17,18). The average Bonchev–Trinajstić information content (AvgIpc) is 2.33. The summed E-state index contributed by atoms with van der Waals surface area (Å²) in [5.74, 6) is -1.44. The Bertz CT molecular complexity index is 453. The molecule has 1 N–H and O–H groups in total. The van der Waals surface area contributed by atoms with Gasteiger partial charge in [-0.2, -0.15) is 0 Å². The summed E-state index contributed by atoms with van der Waals surface area (Å²) < 4.78 is 13.6. The zero-order chi connectivity index (χ0) is 13.1. The highest BCUT2D eigenvalue weighted by atomic mass is 35.5. The zero-order valence-corrected chi connectivity index (χ0v) is 10.7. The van der Waals surface area contributed by atoms with Crippen LogP contribution in [0, 0.1) is 11.7 Å². The van der Waals surface area contributed by atoms with Crippen molar-refractivity contribution in [2.45, 2.75) is 19.4 Å². The summed E-state index contributed by atoms with van der Waals surface area (Å²) in [6, 6.07) is 4.59. The molecule has 1 unspecified atom stereocenters. The number of benzene rings is 1. The Kier molecular flexibility index (Phi) is 4.19. The maximum absolute atomic E-state index is 13.6. The minimum absolute atomic E-state index is 0.333. The highest BCUT2D eigenvalue weighted by Crippen LogP contribution is 2.21. The molecule has 98 valence electrons. The number of rotatable bonds is 3. The van der Waals surface area contributed by atoms with Crippen molar-refractivity contribution in [3.63, 3.8) is 0 Å². The van der Waals surface area contributed by atoms with Crippen LogP contribution in [0.4, 0.5) is 4.39 Å². The van der Waals surface area contributed by atoms with E-state index in [2.05, 4.69) is 0 Å². The lowest BCUT2D eigenvalue weighted by atomic mass is 9.98. The maximum atomic E-state index is 13.6. The van der Waals surface area contributed by atoms with E-state index in [4.69, 9.17) is 16.7 Å². The van der Waals surface area contributed by atoms with Gasteiger partial charge in [-0.25, -0.2) is 4.39 Å². The number of halogens is 2. The molecule has 0 bridgehead atoms. The Balaban J connectivity index is 2.02. The van der Waals surface area contributed by atoms with Gasteiger partial charge in [0.15, 0.2) is 0 Å². The van der Waals surface area contributed by atoms with Crippen molar-refractivity contribution in [1.29, 1.82) is 0 Å². The Labute approximate surface area is 110 Å². The molecule has 0 saturated carbocycles. The third kappa shape index (κ3) is 3.21.